The Hall–Kier alpha value is -2.64. The van der Waals surface area contributed by atoms with Gasteiger partial charge >= 0.3 is 6.03 Å². The van der Waals surface area contributed by atoms with Gasteiger partial charge in [-0.2, -0.15) is 0 Å². The third-order valence-corrected chi connectivity index (χ3v) is 6.24. The molecular formula is C23H35N7O. The van der Waals surface area contributed by atoms with Crippen molar-refractivity contribution in [2.45, 2.75) is 77.3 Å². The lowest BCUT2D eigenvalue weighted by molar-refractivity contribution is 0.240. The number of carbonyl (C=O) groups excluding carboxylic acids is 1. The SMILES string of the molecule is O=C(NCCCc1nnc2n1CCCCC2)NCc1ccnc(N2CCCCCC2)c1. The van der Waals surface area contributed by atoms with Crippen LogP contribution in [0, 0.1) is 0 Å². The van der Waals surface area contributed by atoms with Gasteiger partial charge in [-0.25, -0.2) is 9.78 Å². The molecule has 0 unspecified atom stereocenters. The average Bonchev–Trinajstić information content (AvgIpc) is 3.00. The zero-order valence-corrected chi connectivity index (χ0v) is 18.5. The van der Waals surface area contributed by atoms with Crippen molar-refractivity contribution in [2.24, 2.45) is 0 Å². The summed E-state index contributed by atoms with van der Waals surface area (Å²) in [7, 11) is 0. The molecule has 0 spiro atoms. The molecule has 2 amide bonds. The number of nitrogens with zero attached hydrogens (tertiary/aromatic N) is 5. The van der Waals surface area contributed by atoms with Crippen LogP contribution in [0.25, 0.3) is 0 Å². The zero-order chi connectivity index (χ0) is 21.3. The number of aryl methyl sites for hydroxylation is 2. The van der Waals surface area contributed by atoms with E-state index < -0.39 is 0 Å². The van der Waals surface area contributed by atoms with Crippen LogP contribution in [0.15, 0.2) is 18.3 Å². The summed E-state index contributed by atoms with van der Waals surface area (Å²) in [6, 6.07) is 3.94. The third kappa shape index (κ3) is 6.18. The van der Waals surface area contributed by atoms with Gasteiger partial charge in [0.1, 0.15) is 17.5 Å². The Kier molecular flexibility index (Phi) is 7.74. The fraction of sp³-hybridized carbons (Fsp3) is 0.652. The molecule has 8 heteroatoms. The summed E-state index contributed by atoms with van der Waals surface area (Å²) in [5, 5.41) is 14.6. The van der Waals surface area contributed by atoms with Gasteiger partial charge in [-0.3, -0.25) is 0 Å². The average molecular weight is 426 g/mol. The summed E-state index contributed by atoms with van der Waals surface area (Å²) in [6.07, 6.45) is 13.3. The van der Waals surface area contributed by atoms with Crippen LogP contribution in [-0.4, -0.2) is 45.4 Å². The highest BCUT2D eigenvalue weighted by Crippen LogP contribution is 2.18. The van der Waals surface area contributed by atoms with E-state index in [0.29, 0.717) is 13.1 Å². The first kappa shape index (κ1) is 21.6. The second-order valence-corrected chi connectivity index (χ2v) is 8.63. The summed E-state index contributed by atoms with van der Waals surface area (Å²) in [5.41, 5.74) is 1.08. The molecule has 2 N–H and O–H groups in total. The van der Waals surface area contributed by atoms with E-state index >= 15 is 0 Å². The van der Waals surface area contributed by atoms with Crippen LogP contribution in [-0.2, 0) is 25.9 Å². The number of carbonyl (C=O) groups is 1. The van der Waals surface area contributed by atoms with Gasteiger partial charge in [-0.1, -0.05) is 19.3 Å². The number of pyridine rings is 1. The number of rotatable bonds is 7. The van der Waals surface area contributed by atoms with E-state index in [1.165, 1.54) is 44.9 Å². The van der Waals surface area contributed by atoms with Gasteiger partial charge in [0.2, 0.25) is 0 Å². The van der Waals surface area contributed by atoms with E-state index in [4.69, 9.17) is 0 Å². The highest BCUT2D eigenvalue weighted by Gasteiger charge is 2.14. The lowest BCUT2D eigenvalue weighted by Gasteiger charge is -2.21. The molecule has 31 heavy (non-hydrogen) atoms. The minimum Gasteiger partial charge on any atom is -0.357 e. The van der Waals surface area contributed by atoms with E-state index in [0.717, 1.165) is 61.9 Å². The minimum atomic E-state index is -0.131. The molecule has 0 radical (unpaired) electrons. The van der Waals surface area contributed by atoms with Crippen LogP contribution in [0.5, 0.6) is 0 Å². The maximum Gasteiger partial charge on any atom is 0.315 e. The number of hydrogen-bond donors (Lipinski definition) is 2. The second-order valence-electron chi connectivity index (χ2n) is 8.63. The molecule has 0 atom stereocenters. The van der Waals surface area contributed by atoms with Crippen molar-refractivity contribution in [1.82, 2.24) is 30.4 Å². The molecule has 4 heterocycles. The van der Waals surface area contributed by atoms with Gasteiger partial charge in [0.25, 0.3) is 0 Å². The topological polar surface area (TPSA) is 88.0 Å². The van der Waals surface area contributed by atoms with Crippen LogP contribution >= 0.6 is 0 Å². The van der Waals surface area contributed by atoms with Gasteiger partial charge in [0, 0.05) is 51.8 Å². The molecule has 1 fully saturated rings. The molecule has 1 saturated heterocycles. The first-order valence-corrected chi connectivity index (χ1v) is 11.9. The molecule has 0 aromatic carbocycles. The number of urea groups is 1. The molecule has 4 rings (SSSR count). The largest absolute Gasteiger partial charge is 0.357 e. The van der Waals surface area contributed by atoms with Gasteiger partial charge in [-0.05, 0) is 49.8 Å². The fourth-order valence-corrected chi connectivity index (χ4v) is 4.47. The van der Waals surface area contributed by atoms with Crippen LogP contribution in [0.1, 0.15) is 68.6 Å². The second kappa shape index (κ2) is 11.1. The third-order valence-electron chi connectivity index (χ3n) is 6.24. The number of aromatic nitrogens is 4. The van der Waals surface area contributed by atoms with Crippen molar-refractivity contribution < 1.29 is 4.79 Å². The van der Waals surface area contributed by atoms with Crippen molar-refractivity contribution in [1.29, 1.82) is 0 Å². The quantitative estimate of drug-likeness (QED) is 0.665. The maximum absolute atomic E-state index is 12.2. The lowest BCUT2D eigenvalue weighted by Crippen LogP contribution is -2.35. The zero-order valence-electron chi connectivity index (χ0n) is 18.5. The van der Waals surface area contributed by atoms with E-state index in [1.54, 1.807) is 0 Å². The Balaban J connectivity index is 1.18. The predicted octanol–water partition coefficient (Wildman–Crippen LogP) is 3.21. The van der Waals surface area contributed by atoms with Crippen LogP contribution < -0.4 is 15.5 Å². The number of amides is 2. The Morgan fingerprint density at radius 2 is 1.77 bits per heavy atom. The first-order chi connectivity index (χ1) is 15.3. The molecule has 2 aromatic rings. The summed E-state index contributed by atoms with van der Waals surface area (Å²) in [4.78, 5) is 19.1. The highest BCUT2D eigenvalue weighted by atomic mass is 16.2. The van der Waals surface area contributed by atoms with E-state index in [1.807, 2.05) is 12.3 Å². The fourth-order valence-electron chi connectivity index (χ4n) is 4.47. The van der Waals surface area contributed by atoms with Crippen LogP contribution in [0.4, 0.5) is 10.6 Å². The Labute approximate surface area is 184 Å². The highest BCUT2D eigenvalue weighted by molar-refractivity contribution is 5.73. The van der Waals surface area contributed by atoms with E-state index in [-0.39, 0.29) is 6.03 Å². The minimum absolute atomic E-state index is 0.131. The molecule has 2 aliphatic heterocycles. The molecule has 8 nitrogen and oxygen atoms in total. The van der Waals surface area contributed by atoms with E-state index in [9.17, 15) is 4.79 Å². The summed E-state index contributed by atoms with van der Waals surface area (Å²) >= 11 is 0. The Bertz CT molecular complexity index is 842. The van der Waals surface area contributed by atoms with Crippen molar-refractivity contribution in [3.05, 3.63) is 35.5 Å². The van der Waals surface area contributed by atoms with Crippen molar-refractivity contribution in [3.63, 3.8) is 0 Å². The van der Waals surface area contributed by atoms with Gasteiger partial charge in [0.15, 0.2) is 0 Å². The number of nitrogens with one attached hydrogen (secondary N) is 2. The van der Waals surface area contributed by atoms with Gasteiger partial charge in [0.05, 0.1) is 0 Å². The molecule has 2 aromatic heterocycles. The molecular weight excluding hydrogens is 390 g/mol. The smallest absolute Gasteiger partial charge is 0.315 e. The molecule has 0 aliphatic carbocycles. The number of fused-ring (bicyclic) bond motifs is 1. The normalized spacial score (nSPS) is 16.8. The van der Waals surface area contributed by atoms with E-state index in [2.05, 4.69) is 41.3 Å². The first-order valence-electron chi connectivity index (χ1n) is 11.9. The Morgan fingerprint density at radius 1 is 0.968 bits per heavy atom. The summed E-state index contributed by atoms with van der Waals surface area (Å²) < 4.78 is 2.28. The Morgan fingerprint density at radius 3 is 2.65 bits per heavy atom. The number of anilines is 1. The molecule has 2 aliphatic rings. The van der Waals surface area contributed by atoms with Crippen molar-refractivity contribution in [3.8, 4) is 0 Å². The molecule has 168 valence electrons. The standard InChI is InChI=1S/C23H35N7O/c31-23(25-12-8-10-21-28-27-20-9-4-3-7-16-30(20)21)26-18-19-11-13-24-22(17-19)29-14-5-1-2-6-15-29/h11,13,17H,1-10,12,14-16,18H2,(H2,25,26,31). The van der Waals surface area contributed by atoms with Gasteiger partial charge < -0.3 is 20.1 Å². The summed E-state index contributed by atoms with van der Waals surface area (Å²) in [5.74, 6) is 3.20. The molecule has 0 bridgehead atoms. The monoisotopic (exact) mass is 425 g/mol. The van der Waals surface area contributed by atoms with Crippen molar-refractivity contribution >= 4 is 11.8 Å². The maximum atomic E-state index is 12.2. The predicted molar refractivity (Wildman–Crippen MR) is 121 cm³/mol. The molecule has 0 saturated carbocycles. The summed E-state index contributed by atoms with van der Waals surface area (Å²) in [6.45, 7) is 4.30. The van der Waals surface area contributed by atoms with Crippen LogP contribution in [0.2, 0.25) is 0 Å². The van der Waals surface area contributed by atoms with Crippen molar-refractivity contribution in [2.75, 3.05) is 24.5 Å². The number of hydrogen-bond acceptors (Lipinski definition) is 5. The van der Waals surface area contributed by atoms with Gasteiger partial charge in [-0.15, -0.1) is 10.2 Å². The van der Waals surface area contributed by atoms with Crippen LogP contribution in [0.3, 0.4) is 0 Å². The lowest BCUT2D eigenvalue weighted by atomic mass is 10.2.